The molecular formula is C28H30FNO4. The van der Waals surface area contributed by atoms with Gasteiger partial charge < -0.3 is 19.1 Å². The van der Waals surface area contributed by atoms with E-state index in [2.05, 4.69) is 20.8 Å². The van der Waals surface area contributed by atoms with E-state index in [0.29, 0.717) is 48.1 Å². The summed E-state index contributed by atoms with van der Waals surface area (Å²) in [6.07, 6.45) is -0.171. The van der Waals surface area contributed by atoms with Crippen LogP contribution in [0.3, 0.4) is 0 Å². The maximum atomic E-state index is 14.7. The minimum Gasteiger partial charge on any atom is -0.493 e. The molecule has 1 unspecified atom stereocenters. The molecule has 0 aliphatic carbocycles. The van der Waals surface area contributed by atoms with Gasteiger partial charge in [-0.25, -0.2) is 4.39 Å². The average molecular weight is 464 g/mol. The zero-order valence-corrected chi connectivity index (χ0v) is 20.0. The van der Waals surface area contributed by atoms with Crippen LogP contribution in [0.5, 0.6) is 17.2 Å². The second kappa shape index (κ2) is 9.75. The molecule has 1 amide bonds. The Morgan fingerprint density at radius 2 is 1.76 bits per heavy atom. The summed E-state index contributed by atoms with van der Waals surface area (Å²) in [7, 11) is 1.58. The molecule has 3 aromatic carbocycles. The number of nitrogens with zero attached hydrogens (tertiary/aromatic N) is 1. The van der Waals surface area contributed by atoms with Crippen molar-refractivity contribution in [1.82, 2.24) is 0 Å². The number of ether oxygens (including phenoxy) is 3. The van der Waals surface area contributed by atoms with Crippen LogP contribution in [0.4, 0.5) is 10.1 Å². The predicted octanol–water partition coefficient (Wildman–Crippen LogP) is 6.11. The molecule has 1 aliphatic rings. The van der Waals surface area contributed by atoms with Gasteiger partial charge in [-0.15, -0.1) is 0 Å². The van der Waals surface area contributed by atoms with Crippen molar-refractivity contribution in [2.75, 3.05) is 25.2 Å². The van der Waals surface area contributed by atoms with Crippen LogP contribution in [0.15, 0.2) is 66.7 Å². The standard InChI is InChI=1S/C28H30FNO4/c1-28(2,3)18-33-24-13-10-20(16-26(24)32-4)30-15-14-25(27(30)31)34-21-11-12-22(23(29)17-21)19-8-6-5-7-9-19/h5-13,16-17,25H,14-15,18H2,1-4H3. The van der Waals surface area contributed by atoms with Crippen LogP contribution in [0.1, 0.15) is 27.2 Å². The van der Waals surface area contributed by atoms with Crippen LogP contribution in [-0.2, 0) is 4.79 Å². The van der Waals surface area contributed by atoms with E-state index in [-0.39, 0.29) is 17.1 Å². The highest BCUT2D eigenvalue weighted by atomic mass is 19.1. The van der Waals surface area contributed by atoms with E-state index in [0.717, 1.165) is 5.56 Å². The number of hydrogen-bond acceptors (Lipinski definition) is 4. The lowest BCUT2D eigenvalue weighted by Gasteiger charge is -2.22. The number of halogens is 1. The smallest absolute Gasteiger partial charge is 0.268 e. The molecule has 4 rings (SSSR count). The molecule has 1 aliphatic heterocycles. The Morgan fingerprint density at radius 1 is 1.00 bits per heavy atom. The molecule has 1 saturated heterocycles. The molecule has 0 bridgehead atoms. The summed E-state index contributed by atoms with van der Waals surface area (Å²) in [4.78, 5) is 14.7. The number of anilines is 1. The van der Waals surface area contributed by atoms with E-state index in [1.807, 2.05) is 42.5 Å². The Bertz CT molecular complexity index is 1160. The molecule has 0 N–H and O–H groups in total. The highest BCUT2D eigenvalue weighted by Gasteiger charge is 2.35. The molecule has 0 spiro atoms. The first-order valence-electron chi connectivity index (χ1n) is 11.4. The third-order valence-corrected chi connectivity index (χ3v) is 5.58. The zero-order valence-electron chi connectivity index (χ0n) is 20.0. The van der Waals surface area contributed by atoms with Gasteiger partial charge in [0, 0.05) is 36.3 Å². The van der Waals surface area contributed by atoms with Crippen LogP contribution in [0.25, 0.3) is 11.1 Å². The summed E-state index contributed by atoms with van der Waals surface area (Å²) in [6, 6.07) is 19.5. The van der Waals surface area contributed by atoms with Gasteiger partial charge in [0.2, 0.25) is 0 Å². The second-order valence-electron chi connectivity index (χ2n) is 9.58. The lowest BCUT2D eigenvalue weighted by atomic mass is 9.99. The normalized spacial score (nSPS) is 16.0. The fourth-order valence-electron chi connectivity index (χ4n) is 3.84. The summed E-state index contributed by atoms with van der Waals surface area (Å²) in [5, 5.41) is 0. The van der Waals surface area contributed by atoms with Crippen LogP contribution in [-0.4, -0.2) is 32.3 Å². The second-order valence-corrected chi connectivity index (χ2v) is 9.58. The number of carbonyl (C=O) groups excluding carboxylic acids is 1. The van der Waals surface area contributed by atoms with Crippen LogP contribution in [0.2, 0.25) is 0 Å². The lowest BCUT2D eigenvalue weighted by molar-refractivity contribution is -0.122. The molecular weight excluding hydrogens is 433 g/mol. The third-order valence-electron chi connectivity index (χ3n) is 5.58. The molecule has 1 heterocycles. The van der Waals surface area contributed by atoms with Gasteiger partial charge in [0.05, 0.1) is 13.7 Å². The Hall–Kier alpha value is -3.54. The fourth-order valence-corrected chi connectivity index (χ4v) is 3.84. The van der Waals surface area contributed by atoms with Gasteiger partial charge in [-0.2, -0.15) is 0 Å². The van der Waals surface area contributed by atoms with Gasteiger partial charge in [0.25, 0.3) is 5.91 Å². The molecule has 6 heteroatoms. The minimum absolute atomic E-state index is 0.0118. The Kier molecular flexibility index (Phi) is 6.77. The molecule has 1 atom stereocenters. The number of carbonyl (C=O) groups is 1. The van der Waals surface area contributed by atoms with Gasteiger partial charge in [0.15, 0.2) is 17.6 Å². The molecule has 1 fully saturated rings. The minimum atomic E-state index is -0.676. The molecule has 0 aromatic heterocycles. The quantitative estimate of drug-likeness (QED) is 0.424. The monoisotopic (exact) mass is 463 g/mol. The van der Waals surface area contributed by atoms with Crippen molar-refractivity contribution in [3.8, 4) is 28.4 Å². The maximum Gasteiger partial charge on any atom is 0.268 e. The van der Waals surface area contributed by atoms with E-state index in [1.54, 1.807) is 30.2 Å². The van der Waals surface area contributed by atoms with Crippen molar-refractivity contribution in [2.45, 2.75) is 33.3 Å². The first-order chi connectivity index (χ1) is 16.2. The largest absolute Gasteiger partial charge is 0.493 e. The maximum absolute atomic E-state index is 14.7. The van der Waals surface area contributed by atoms with Crippen molar-refractivity contribution in [3.05, 3.63) is 72.5 Å². The fraction of sp³-hybridized carbons (Fsp3) is 0.321. The van der Waals surface area contributed by atoms with Gasteiger partial charge in [0.1, 0.15) is 11.6 Å². The number of methoxy groups -OCH3 is 1. The highest BCUT2D eigenvalue weighted by molar-refractivity contribution is 5.99. The Labute approximate surface area is 200 Å². The van der Waals surface area contributed by atoms with Crippen molar-refractivity contribution in [1.29, 1.82) is 0 Å². The molecule has 0 saturated carbocycles. The first kappa shape index (κ1) is 23.6. The number of amides is 1. The Morgan fingerprint density at radius 3 is 2.44 bits per heavy atom. The number of benzene rings is 3. The van der Waals surface area contributed by atoms with Gasteiger partial charge in [-0.05, 0) is 35.2 Å². The summed E-state index contributed by atoms with van der Waals surface area (Å²) in [6.45, 7) is 7.33. The molecule has 34 heavy (non-hydrogen) atoms. The van der Waals surface area contributed by atoms with E-state index in [1.165, 1.54) is 6.07 Å². The van der Waals surface area contributed by atoms with Crippen LogP contribution < -0.4 is 19.1 Å². The summed E-state index contributed by atoms with van der Waals surface area (Å²) < 4.78 is 32.0. The van der Waals surface area contributed by atoms with Crippen LogP contribution >= 0.6 is 0 Å². The van der Waals surface area contributed by atoms with Gasteiger partial charge in [-0.3, -0.25) is 4.79 Å². The van der Waals surface area contributed by atoms with Gasteiger partial charge >= 0.3 is 0 Å². The number of hydrogen-bond donors (Lipinski definition) is 0. The topological polar surface area (TPSA) is 48.0 Å². The summed E-state index contributed by atoms with van der Waals surface area (Å²) in [5.74, 6) is 0.979. The predicted molar refractivity (Wildman–Crippen MR) is 131 cm³/mol. The molecule has 0 radical (unpaired) electrons. The third kappa shape index (κ3) is 5.33. The zero-order chi connectivity index (χ0) is 24.3. The Balaban J connectivity index is 1.45. The summed E-state index contributed by atoms with van der Waals surface area (Å²) in [5.41, 5.74) is 2.01. The van der Waals surface area contributed by atoms with Gasteiger partial charge in [-0.1, -0.05) is 51.1 Å². The average Bonchev–Trinajstić information content (AvgIpc) is 3.17. The van der Waals surface area contributed by atoms with Crippen molar-refractivity contribution >= 4 is 11.6 Å². The molecule has 5 nitrogen and oxygen atoms in total. The van der Waals surface area contributed by atoms with E-state index >= 15 is 0 Å². The van der Waals surface area contributed by atoms with Crippen molar-refractivity contribution in [2.24, 2.45) is 5.41 Å². The van der Waals surface area contributed by atoms with E-state index in [9.17, 15) is 9.18 Å². The lowest BCUT2D eigenvalue weighted by Crippen LogP contribution is -2.32. The molecule has 178 valence electrons. The SMILES string of the molecule is COc1cc(N2CCC(Oc3ccc(-c4ccccc4)c(F)c3)C2=O)ccc1OCC(C)(C)C. The first-order valence-corrected chi connectivity index (χ1v) is 11.4. The highest BCUT2D eigenvalue weighted by Crippen LogP contribution is 2.35. The molecule has 3 aromatic rings. The van der Waals surface area contributed by atoms with E-state index in [4.69, 9.17) is 14.2 Å². The van der Waals surface area contributed by atoms with Crippen LogP contribution in [0, 0.1) is 11.2 Å². The van der Waals surface area contributed by atoms with E-state index < -0.39 is 6.10 Å². The summed E-state index contributed by atoms with van der Waals surface area (Å²) >= 11 is 0. The van der Waals surface area contributed by atoms with Crippen molar-refractivity contribution < 1.29 is 23.4 Å². The number of rotatable bonds is 7. The van der Waals surface area contributed by atoms with Crippen molar-refractivity contribution in [3.63, 3.8) is 0 Å².